The maximum atomic E-state index is 12.8. The molecule has 256 valence electrons. The highest BCUT2D eigenvalue weighted by atomic mass is 16.7. The molecule has 17 heteroatoms. The Morgan fingerprint density at radius 2 is 1.74 bits per heavy atom. The largest absolute Gasteiger partial charge is 0.463 e. The van der Waals surface area contributed by atoms with Gasteiger partial charge in [-0.15, -0.1) is 0 Å². The lowest BCUT2D eigenvalue weighted by molar-refractivity contribution is -0.169. The van der Waals surface area contributed by atoms with E-state index in [0.29, 0.717) is 5.39 Å². The molecule has 1 aliphatic heterocycles. The Morgan fingerprint density at radius 1 is 1.06 bits per heavy atom. The van der Waals surface area contributed by atoms with Crippen LogP contribution in [0.1, 0.15) is 54.7 Å². The van der Waals surface area contributed by atoms with Gasteiger partial charge in [-0.3, -0.25) is 24.5 Å². The highest BCUT2D eigenvalue weighted by Gasteiger charge is 2.57. The van der Waals surface area contributed by atoms with Crippen LogP contribution in [0, 0.1) is 17.8 Å². The summed E-state index contributed by atoms with van der Waals surface area (Å²) in [4.78, 5) is 62.4. The number of H-pyrrole nitrogens is 1. The van der Waals surface area contributed by atoms with Gasteiger partial charge in [0.2, 0.25) is 6.79 Å². The smallest absolute Gasteiger partial charge is 0.414 e. The van der Waals surface area contributed by atoms with Crippen molar-refractivity contribution in [2.75, 3.05) is 18.7 Å². The molecule has 1 aromatic carbocycles. The normalized spacial score (nSPS) is 21.7. The molecule has 0 bridgehead atoms. The van der Waals surface area contributed by atoms with Crippen LogP contribution in [0.3, 0.4) is 0 Å². The first-order valence-electron chi connectivity index (χ1n) is 15.0. The number of aromatic amines is 1. The minimum Gasteiger partial charge on any atom is -0.463 e. The van der Waals surface area contributed by atoms with Crippen molar-refractivity contribution in [3.05, 3.63) is 28.8 Å². The van der Waals surface area contributed by atoms with E-state index >= 15 is 0 Å². The van der Waals surface area contributed by atoms with Gasteiger partial charge in [-0.1, -0.05) is 41.5 Å². The van der Waals surface area contributed by atoms with Crippen LogP contribution in [0.4, 0.5) is 10.5 Å². The van der Waals surface area contributed by atoms with E-state index in [4.69, 9.17) is 29.4 Å². The van der Waals surface area contributed by atoms with Crippen molar-refractivity contribution in [2.45, 2.75) is 78.5 Å². The molecule has 1 amide bonds. The van der Waals surface area contributed by atoms with Gasteiger partial charge < -0.3 is 34.5 Å². The third-order valence-corrected chi connectivity index (χ3v) is 7.61. The molecule has 1 saturated heterocycles. The van der Waals surface area contributed by atoms with Crippen LogP contribution in [0.5, 0.6) is 0 Å². The van der Waals surface area contributed by atoms with Crippen molar-refractivity contribution in [3.8, 4) is 0 Å². The summed E-state index contributed by atoms with van der Waals surface area (Å²) in [7, 11) is 0. The molecule has 0 aliphatic carbocycles. The fourth-order valence-electron chi connectivity index (χ4n) is 4.82. The number of hydrogen-bond acceptors (Lipinski definition) is 14. The summed E-state index contributed by atoms with van der Waals surface area (Å²) in [6.45, 7) is 10.4. The van der Waals surface area contributed by atoms with Gasteiger partial charge in [0, 0.05) is 17.0 Å². The van der Waals surface area contributed by atoms with Gasteiger partial charge in [0.05, 0.1) is 29.1 Å². The summed E-state index contributed by atoms with van der Waals surface area (Å²) in [6, 6.07) is 0.474. The number of ether oxygens (including phenoxy) is 5. The van der Waals surface area contributed by atoms with Crippen LogP contribution >= 0.6 is 0 Å². The van der Waals surface area contributed by atoms with Gasteiger partial charge in [-0.05, 0) is 18.9 Å². The molecule has 17 nitrogen and oxygen atoms in total. The summed E-state index contributed by atoms with van der Waals surface area (Å²) >= 11 is 0. The van der Waals surface area contributed by atoms with Crippen LogP contribution in [0.2, 0.25) is 0 Å². The van der Waals surface area contributed by atoms with E-state index in [1.165, 1.54) is 30.1 Å². The van der Waals surface area contributed by atoms with Crippen molar-refractivity contribution < 1.29 is 48.0 Å². The number of esters is 3. The maximum Gasteiger partial charge on any atom is 0.414 e. The molecule has 5 unspecified atom stereocenters. The van der Waals surface area contributed by atoms with E-state index in [1.807, 2.05) is 0 Å². The third-order valence-electron chi connectivity index (χ3n) is 7.61. The van der Waals surface area contributed by atoms with E-state index in [1.54, 1.807) is 41.5 Å². The zero-order valence-electron chi connectivity index (χ0n) is 27.1. The summed E-state index contributed by atoms with van der Waals surface area (Å²) < 4.78 is 28.3. The minimum atomic E-state index is -1.92. The van der Waals surface area contributed by atoms with Crippen molar-refractivity contribution in [1.82, 2.24) is 20.0 Å². The van der Waals surface area contributed by atoms with E-state index in [-0.39, 0.29) is 34.5 Å². The molecule has 5 N–H and O–H groups in total. The van der Waals surface area contributed by atoms with E-state index in [0.717, 1.165) is 0 Å². The maximum absolute atomic E-state index is 12.8. The predicted octanol–water partition coefficient (Wildman–Crippen LogP) is 1.72. The minimum absolute atomic E-state index is 0.107. The Hall–Kier alpha value is -4.61. The molecule has 3 heterocycles. The Kier molecular flexibility index (Phi) is 10.5. The molecule has 47 heavy (non-hydrogen) atoms. The van der Waals surface area contributed by atoms with Crippen LogP contribution in [-0.4, -0.2) is 86.3 Å². The molecule has 0 spiro atoms. The van der Waals surface area contributed by atoms with Crippen molar-refractivity contribution >= 4 is 51.4 Å². The monoisotopic (exact) mass is 660 g/mol. The molecule has 4 rings (SSSR count). The van der Waals surface area contributed by atoms with Crippen molar-refractivity contribution in [1.29, 1.82) is 0 Å². The number of carbonyl (C=O) groups excluding carboxylic acids is 4. The van der Waals surface area contributed by atoms with Crippen LogP contribution < -0.4 is 16.6 Å². The van der Waals surface area contributed by atoms with Crippen LogP contribution in [0.15, 0.2) is 23.3 Å². The van der Waals surface area contributed by atoms with Crippen LogP contribution in [-0.2, 0) is 38.1 Å². The summed E-state index contributed by atoms with van der Waals surface area (Å²) in [5.74, 6) is -3.05. The molecule has 0 saturated carbocycles. The molecule has 2 aromatic heterocycles. The van der Waals surface area contributed by atoms with Gasteiger partial charge >= 0.3 is 24.0 Å². The Bertz CT molecular complexity index is 1710. The number of nitrogens with zero attached hydrogens (tertiary/aromatic N) is 3. The lowest BCUT2D eigenvalue weighted by Gasteiger charge is -2.30. The summed E-state index contributed by atoms with van der Waals surface area (Å²) in [5.41, 5.74) is 3.51. The molecule has 0 radical (unpaired) electrons. The highest BCUT2D eigenvalue weighted by Crippen LogP contribution is 2.42. The fraction of sp³-hybridized carbons (Fsp3) is 0.567. The standard InChI is InChI=1S/C30H40N6O11/c1-13(2)22(31)27(40)44-12-45-29(41)33-18-8-16-21-17(18)10-36(35-19(21)9-32-34-24(16)37)28-30(7,42)23(47-26(39)15(5)6)20(46-28)11-43-25(38)14(3)4/h8-10,13-15,20,22-23,28,42H,11-12,31H2,1-7H3,(H,33,41)(H,34,37). The average Bonchev–Trinajstić information content (AvgIpc) is 3.42. The molecule has 5 atom stereocenters. The quantitative estimate of drug-likeness (QED) is 0.130. The van der Waals surface area contributed by atoms with Gasteiger partial charge in [0.25, 0.3) is 5.56 Å². The zero-order valence-corrected chi connectivity index (χ0v) is 27.1. The second-order valence-corrected chi connectivity index (χ2v) is 12.4. The number of amides is 1. The average molecular weight is 661 g/mol. The van der Waals surface area contributed by atoms with Gasteiger partial charge in [-0.2, -0.15) is 10.2 Å². The summed E-state index contributed by atoms with van der Waals surface area (Å²) in [5, 5.41) is 25.8. The number of aromatic nitrogens is 4. The van der Waals surface area contributed by atoms with Crippen molar-refractivity contribution in [3.63, 3.8) is 0 Å². The molecule has 3 aromatic rings. The second-order valence-electron chi connectivity index (χ2n) is 12.4. The van der Waals surface area contributed by atoms with Crippen molar-refractivity contribution in [2.24, 2.45) is 23.5 Å². The van der Waals surface area contributed by atoms with Gasteiger partial charge in [0.15, 0.2) is 12.3 Å². The van der Waals surface area contributed by atoms with Gasteiger partial charge in [-0.25, -0.2) is 14.6 Å². The van der Waals surface area contributed by atoms with Gasteiger partial charge in [0.1, 0.15) is 29.9 Å². The number of aliphatic hydroxyl groups is 1. The molecular weight excluding hydrogens is 620 g/mol. The second kappa shape index (κ2) is 14.0. The number of carbonyl (C=O) groups is 4. The Balaban J connectivity index is 1.69. The summed E-state index contributed by atoms with van der Waals surface area (Å²) in [6.07, 6.45) is -2.02. The Morgan fingerprint density at radius 3 is 2.38 bits per heavy atom. The fourth-order valence-corrected chi connectivity index (χ4v) is 4.82. The number of hydrogen-bond donors (Lipinski definition) is 4. The SMILES string of the molecule is CC(C)C(=O)OCC1OC(n2cc3c(NC(=O)OCOC(=O)C(N)C(C)C)cc4c(=O)[nH]ncc(n2)c34)C(C)(O)C1OC(=O)C(C)C. The van der Waals surface area contributed by atoms with E-state index < -0.39 is 78.3 Å². The molecular formula is C30H40N6O11. The van der Waals surface area contributed by atoms with E-state index in [2.05, 4.69) is 20.6 Å². The third kappa shape index (κ3) is 7.52. The van der Waals surface area contributed by atoms with Crippen LogP contribution in [0.25, 0.3) is 21.7 Å². The number of nitrogens with two attached hydrogens (primary N) is 1. The first kappa shape index (κ1) is 35.2. The highest BCUT2D eigenvalue weighted by molar-refractivity contribution is 6.16. The first-order chi connectivity index (χ1) is 22.0. The molecule has 1 fully saturated rings. The Labute approximate surface area is 269 Å². The predicted molar refractivity (Wildman–Crippen MR) is 165 cm³/mol. The number of rotatable bonds is 11. The molecule has 1 aliphatic rings. The topological polar surface area (TPSA) is 236 Å². The number of nitrogens with one attached hydrogen (secondary N) is 2. The lowest BCUT2D eigenvalue weighted by Crippen LogP contribution is -2.48. The number of anilines is 1. The zero-order chi connectivity index (χ0) is 34.8. The first-order valence-corrected chi connectivity index (χ1v) is 15.0. The van der Waals surface area contributed by atoms with E-state index in [9.17, 15) is 29.1 Å². The lowest BCUT2D eigenvalue weighted by atomic mass is 9.96.